The zero-order valence-corrected chi connectivity index (χ0v) is 24.9. The summed E-state index contributed by atoms with van der Waals surface area (Å²) >= 11 is 8.63. The van der Waals surface area contributed by atoms with Gasteiger partial charge in [-0.25, -0.2) is 0 Å². The Hall–Kier alpha value is -2.32. The number of hydrogen-bond donors (Lipinski definition) is 0. The van der Waals surface area contributed by atoms with E-state index < -0.39 is 0 Å². The minimum atomic E-state index is -0.362. The summed E-state index contributed by atoms with van der Waals surface area (Å²) in [5.74, 6) is 1.23. The van der Waals surface area contributed by atoms with E-state index in [0.717, 1.165) is 75.9 Å². The highest BCUT2D eigenvalue weighted by Gasteiger charge is 2.43. The lowest BCUT2D eigenvalue weighted by atomic mass is 9.71. The minimum absolute atomic E-state index is 0.161. The molecule has 0 radical (unpaired) electrons. The van der Waals surface area contributed by atoms with Crippen molar-refractivity contribution in [1.29, 1.82) is 0 Å². The van der Waals surface area contributed by atoms with Crippen LogP contribution in [0.5, 0.6) is 11.5 Å². The summed E-state index contributed by atoms with van der Waals surface area (Å²) in [5, 5.41) is 0.654. The normalized spacial score (nSPS) is 18.1. The second-order valence-electron chi connectivity index (χ2n) is 10.0. The molecule has 0 aromatic heterocycles. The SMILES string of the molecule is CCCN1C2=C(C(=O)CCC2)C(c2cc(I)c(OCc3ccccc3Cl)c(OCC)c2)C2=C1CCCC2=O. The molecule has 5 nitrogen and oxygen atoms in total. The number of Topliss-reactive ketones (excluding diaryl/α,β-unsaturated/α-hetero) is 2. The van der Waals surface area contributed by atoms with Crippen molar-refractivity contribution in [2.45, 2.75) is 71.3 Å². The number of carbonyl (C=O) groups is 2. The molecule has 7 heteroatoms. The second kappa shape index (κ2) is 11.8. The fourth-order valence-electron chi connectivity index (χ4n) is 5.97. The molecule has 0 fully saturated rings. The fraction of sp³-hybridized carbons (Fsp3) is 0.419. The molecular weight excluding hydrogens is 613 g/mol. The van der Waals surface area contributed by atoms with Crippen molar-refractivity contribution >= 4 is 45.8 Å². The first-order chi connectivity index (χ1) is 18.4. The third kappa shape index (κ3) is 5.14. The van der Waals surface area contributed by atoms with Gasteiger partial charge in [0.05, 0.1) is 10.2 Å². The number of nitrogens with zero attached hydrogens (tertiary/aromatic N) is 1. The summed E-state index contributed by atoms with van der Waals surface area (Å²) in [6, 6.07) is 11.7. The third-order valence-corrected chi connectivity index (χ3v) is 8.70. The summed E-state index contributed by atoms with van der Waals surface area (Å²) in [6.45, 7) is 5.71. The second-order valence-corrected chi connectivity index (χ2v) is 11.6. The van der Waals surface area contributed by atoms with Crippen molar-refractivity contribution < 1.29 is 19.1 Å². The highest BCUT2D eigenvalue weighted by molar-refractivity contribution is 14.1. The van der Waals surface area contributed by atoms with Gasteiger partial charge in [0.15, 0.2) is 23.1 Å². The van der Waals surface area contributed by atoms with Crippen LogP contribution >= 0.6 is 34.2 Å². The van der Waals surface area contributed by atoms with Crippen LogP contribution in [0.2, 0.25) is 5.02 Å². The Morgan fingerprint density at radius 3 is 2.21 bits per heavy atom. The predicted octanol–water partition coefficient (Wildman–Crippen LogP) is 7.75. The van der Waals surface area contributed by atoms with Crippen LogP contribution < -0.4 is 9.47 Å². The van der Waals surface area contributed by atoms with E-state index in [-0.39, 0.29) is 17.5 Å². The van der Waals surface area contributed by atoms with Gasteiger partial charge >= 0.3 is 0 Å². The van der Waals surface area contributed by atoms with Crippen molar-refractivity contribution in [3.05, 3.63) is 78.7 Å². The molecule has 3 aliphatic rings. The number of rotatable bonds is 8. The smallest absolute Gasteiger partial charge is 0.174 e. The molecule has 0 atom stereocenters. The Morgan fingerprint density at radius 2 is 1.61 bits per heavy atom. The van der Waals surface area contributed by atoms with Crippen LogP contribution in [0.3, 0.4) is 0 Å². The molecule has 200 valence electrons. The summed E-state index contributed by atoms with van der Waals surface area (Å²) in [7, 11) is 0. The van der Waals surface area contributed by atoms with Gasteiger partial charge in [0.1, 0.15) is 6.61 Å². The van der Waals surface area contributed by atoms with Crippen molar-refractivity contribution in [3.8, 4) is 11.5 Å². The largest absolute Gasteiger partial charge is 0.490 e. The van der Waals surface area contributed by atoms with Crippen LogP contribution in [-0.4, -0.2) is 29.6 Å². The van der Waals surface area contributed by atoms with Gasteiger partial charge in [-0.1, -0.05) is 36.7 Å². The van der Waals surface area contributed by atoms with Crippen molar-refractivity contribution in [2.75, 3.05) is 13.2 Å². The van der Waals surface area contributed by atoms with E-state index in [4.69, 9.17) is 21.1 Å². The third-order valence-electron chi connectivity index (χ3n) is 7.53. The molecule has 1 heterocycles. The Bertz CT molecular complexity index is 1290. The van der Waals surface area contributed by atoms with Gasteiger partial charge < -0.3 is 14.4 Å². The van der Waals surface area contributed by atoms with Crippen LogP contribution in [-0.2, 0) is 16.2 Å². The van der Waals surface area contributed by atoms with E-state index in [1.54, 1.807) is 0 Å². The van der Waals surface area contributed by atoms with Crippen LogP contribution in [0.15, 0.2) is 58.9 Å². The average Bonchev–Trinajstić information content (AvgIpc) is 2.90. The molecule has 2 aromatic carbocycles. The lowest BCUT2D eigenvalue weighted by molar-refractivity contribution is -0.117. The van der Waals surface area contributed by atoms with Gasteiger partial charge in [-0.15, -0.1) is 0 Å². The van der Waals surface area contributed by atoms with Gasteiger partial charge in [0, 0.05) is 58.4 Å². The molecule has 38 heavy (non-hydrogen) atoms. The van der Waals surface area contributed by atoms with Gasteiger partial charge in [-0.3, -0.25) is 9.59 Å². The number of halogens is 2. The standard InChI is InChI=1S/C31H33ClINO4/c1-3-15-34-23-11-7-13-25(35)29(23)28(30-24(34)12-8-14-26(30)36)20-16-22(33)31(27(17-20)37-4-2)38-18-19-9-5-6-10-21(19)32/h5-6,9-10,16-17,28H,3-4,7-8,11-15,18H2,1-2H3. The molecule has 0 N–H and O–H groups in total. The molecule has 2 aromatic rings. The van der Waals surface area contributed by atoms with Crippen LogP contribution in [0.4, 0.5) is 0 Å². The first kappa shape index (κ1) is 27.3. The molecule has 0 amide bonds. The van der Waals surface area contributed by atoms with Gasteiger partial charge in [-0.2, -0.15) is 0 Å². The Kier molecular flexibility index (Phi) is 8.48. The van der Waals surface area contributed by atoms with E-state index in [1.165, 1.54) is 0 Å². The van der Waals surface area contributed by atoms with E-state index in [2.05, 4.69) is 40.5 Å². The predicted molar refractivity (Wildman–Crippen MR) is 158 cm³/mol. The molecule has 1 aliphatic heterocycles. The first-order valence-electron chi connectivity index (χ1n) is 13.6. The van der Waals surface area contributed by atoms with Crippen molar-refractivity contribution in [2.24, 2.45) is 0 Å². The zero-order chi connectivity index (χ0) is 26.8. The molecule has 0 saturated carbocycles. The Morgan fingerprint density at radius 1 is 0.947 bits per heavy atom. The fourth-order valence-corrected chi connectivity index (χ4v) is 6.94. The number of hydrogen-bond acceptors (Lipinski definition) is 5. The molecule has 5 rings (SSSR count). The summed E-state index contributed by atoms with van der Waals surface area (Å²) in [5.41, 5.74) is 5.67. The van der Waals surface area contributed by atoms with Crippen molar-refractivity contribution in [1.82, 2.24) is 4.90 Å². The van der Waals surface area contributed by atoms with Gasteiger partial charge in [0.25, 0.3) is 0 Å². The molecular formula is C31H33ClINO4. The number of carbonyl (C=O) groups excluding carboxylic acids is 2. The summed E-state index contributed by atoms with van der Waals surface area (Å²) < 4.78 is 13.2. The Balaban J connectivity index is 1.62. The van der Waals surface area contributed by atoms with Crippen LogP contribution in [0, 0.1) is 3.57 Å². The highest BCUT2D eigenvalue weighted by Crippen LogP contribution is 2.50. The highest BCUT2D eigenvalue weighted by atomic mass is 127. The molecule has 0 unspecified atom stereocenters. The topological polar surface area (TPSA) is 55.8 Å². The Labute approximate surface area is 243 Å². The molecule has 0 saturated heterocycles. The quantitative estimate of drug-likeness (QED) is 0.275. The van der Waals surface area contributed by atoms with Crippen LogP contribution in [0.1, 0.15) is 75.8 Å². The van der Waals surface area contributed by atoms with E-state index in [9.17, 15) is 9.59 Å². The maximum absolute atomic E-state index is 13.5. The minimum Gasteiger partial charge on any atom is -0.490 e. The summed E-state index contributed by atoms with van der Waals surface area (Å²) in [6.07, 6.45) is 5.48. The number of ether oxygens (including phenoxy) is 2. The lowest BCUT2D eigenvalue weighted by Crippen LogP contribution is -2.39. The zero-order valence-electron chi connectivity index (χ0n) is 21.9. The monoisotopic (exact) mass is 645 g/mol. The van der Waals surface area contributed by atoms with Crippen molar-refractivity contribution in [3.63, 3.8) is 0 Å². The van der Waals surface area contributed by atoms with E-state index in [1.807, 2.05) is 37.3 Å². The first-order valence-corrected chi connectivity index (χ1v) is 15.0. The maximum atomic E-state index is 13.5. The number of benzene rings is 2. The van der Waals surface area contributed by atoms with Gasteiger partial charge in [0.2, 0.25) is 0 Å². The maximum Gasteiger partial charge on any atom is 0.174 e. The van der Waals surface area contributed by atoms with Crippen LogP contribution in [0.25, 0.3) is 0 Å². The number of allylic oxidation sites excluding steroid dienone is 4. The number of ketones is 2. The molecule has 2 aliphatic carbocycles. The lowest BCUT2D eigenvalue weighted by Gasteiger charge is -2.44. The molecule has 0 bridgehead atoms. The average molecular weight is 646 g/mol. The summed E-state index contributed by atoms with van der Waals surface area (Å²) in [4.78, 5) is 29.3. The molecule has 0 spiro atoms. The van der Waals surface area contributed by atoms with Gasteiger partial charge in [-0.05, 0) is 85.4 Å². The van der Waals surface area contributed by atoms with E-state index >= 15 is 0 Å². The van der Waals surface area contributed by atoms with E-state index in [0.29, 0.717) is 42.6 Å².